The van der Waals surface area contributed by atoms with Crippen LogP contribution in [-0.4, -0.2) is 31.6 Å². The number of methoxy groups -OCH3 is 1. The van der Waals surface area contributed by atoms with E-state index in [-0.39, 0.29) is 6.04 Å². The van der Waals surface area contributed by atoms with Crippen molar-refractivity contribution >= 4 is 0 Å². The third-order valence-corrected chi connectivity index (χ3v) is 4.18. The number of rotatable bonds is 5. The molecule has 3 heteroatoms. The van der Waals surface area contributed by atoms with E-state index in [0.717, 1.165) is 18.2 Å². The van der Waals surface area contributed by atoms with E-state index in [0.29, 0.717) is 0 Å². The fourth-order valence-corrected chi connectivity index (χ4v) is 2.89. The van der Waals surface area contributed by atoms with E-state index in [2.05, 4.69) is 24.0 Å². The molecule has 0 amide bonds. The molecule has 106 valence electrons. The molecule has 0 aliphatic carbocycles. The zero-order valence-electron chi connectivity index (χ0n) is 12.1. The van der Waals surface area contributed by atoms with Crippen LogP contribution < -0.4 is 10.5 Å². The molecule has 1 aromatic carbocycles. The Bertz CT molecular complexity index is 377. The maximum absolute atomic E-state index is 6.32. The maximum atomic E-state index is 6.32. The van der Waals surface area contributed by atoms with Crippen LogP contribution in [0.4, 0.5) is 0 Å². The summed E-state index contributed by atoms with van der Waals surface area (Å²) in [4.78, 5) is 2.52. The molecule has 1 aliphatic rings. The van der Waals surface area contributed by atoms with Gasteiger partial charge in [-0.1, -0.05) is 25.5 Å². The Morgan fingerprint density at radius 1 is 1.37 bits per heavy atom. The molecule has 1 aromatic rings. The van der Waals surface area contributed by atoms with Gasteiger partial charge < -0.3 is 15.4 Å². The second kappa shape index (κ2) is 6.92. The molecule has 1 fully saturated rings. The second-order valence-electron chi connectivity index (χ2n) is 5.56. The lowest BCUT2D eigenvalue weighted by atomic mass is 9.95. The van der Waals surface area contributed by atoms with Crippen LogP contribution in [0, 0.1) is 5.92 Å². The lowest BCUT2D eigenvalue weighted by molar-refractivity contribution is 0.163. The van der Waals surface area contributed by atoms with Crippen molar-refractivity contribution < 1.29 is 4.74 Å². The molecule has 2 unspecified atom stereocenters. The van der Waals surface area contributed by atoms with Crippen molar-refractivity contribution in [2.45, 2.75) is 32.2 Å². The topological polar surface area (TPSA) is 38.5 Å². The number of hydrogen-bond donors (Lipinski definition) is 1. The highest BCUT2D eigenvalue weighted by Gasteiger charge is 2.20. The Morgan fingerprint density at radius 3 is 2.74 bits per heavy atom. The Hall–Kier alpha value is -1.06. The van der Waals surface area contributed by atoms with Crippen LogP contribution in [-0.2, 0) is 0 Å². The van der Waals surface area contributed by atoms with Gasteiger partial charge in [0.1, 0.15) is 5.75 Å². The first-order valence-electron chi connectivity index (χ1n) is 7.34. The molecule has 0 aromatic heterocycles. The summed E-state index contributed by atoms with van der Waals surface area (Å²) >= 11 is 0. The van der Waals surface area contributed by atoms with Gasteiger partial charge in [-0.25, -0.2) is 0 Å². The van der Waals surface area contributed by atoms with Gasteiger partial charge in [-0.05, 0) is 43.0 Å². The normalized spacial score (nSPS) is 22.2. The van der Waals surface area contributed by atoms with Gasteiger partial charge in [-0.15, -0.1) is 0 Å². The van der Waals surface area contributed by atoms with Crippen molar-refractivity contribution in [3.63, 3.8) is 0 Å². The predicted octanol–water partition coefficient (Wildman–Crippen LogP) is 2.82. The molecular weight excluding hydrogens is 236 g/mol. The monoisotopic (exact) mass is 262 g/mol. The zero-order valence-corrected chi connectivity index (χ0v) is 12.1. The average molecular weight is 262 g/mol. The Kier molecular flexibility index (Phi) is 5.23. The number of likely N-dealkylation sites (tertiary alicyclic amines) is 1. The molecule has 2 rings (SSSR count). The average Bonchev–Trinajstić information content (AvgIpc) is 2.47. The Balaban J connectivity index is 1.90. The summed E-state index contributed by atoms with van der Waals surface area (Å²) in [5.74, 6) is 1.75. The molecule has 1 heterocycles. The van der Waals surface area contributed by atoms with Gasteiger partial charge in [0.05, 0.1) is 7.11 Å². The maximum Gasteiger partial charge on any atom is 0.118 e. The van der Waals surface area contributed by atoms with Crippen molar-refractivity contribution in [1.82, 2.24) is 4.90 Å². The first-order valence-corrected chi connectivity index (χ1v) is 7.34. The summed E-state index contributed by atoms with van der Waals surface area (Å²) in [6, 6.07) is 8.22. The lowest BCUT2D eigenvalue weighted by Crippen LogP contribution is -2.39. The second-order valence-corrected chi connectivity index (χ2v) is 5.56. The SMILES string of the molecule is CCC1CCCN(CC(N)c2ccc(OC)cc2)C1. The van der Waals surface area contributed by atoms with Crippen molar-refractivity contribution in [2.24, 2.45) is 11.7 Å². The quantitative estimate of drug-likeness (QED) is 0.887. The fourth-order valence-electron chi connectivity index (χ4n) is 2.89. The first-order chi connectivity index (χ1) is 9.22. The molecule has 19 heavy (non-hydrogen) atoms. The van der Waals surface area contributed by atoms with Crippen molar-refractivity contribution in [3.05, 3.63) is 29.8 Å². The summed E-state index contributed by atoms with van der Waals surface area (Å²) in [6.45, 7) is 5.65. The molecule has 2 atom stereocenters. The minimum Gasteiger partial charge on any atom is -0.497 e. The van der Waals surface area contributed by atoms with Gasteiger partial charge in [0.25, 0.3) is 0 Å². The number of nitrogens with zero attached hydrogens (tertiary/aromatic N) is 1. The van der Waals surface area contributed by atoms with Gasteiger partial charge in [-0.2, -0.15) is 0 Å². The van der Waals surface area contributed by atoms with Gasteiger partial charge >= 0.3 is 0 Å². The van der Waals surface area contributed by atoms with E-state index in [1.54, 1.807) is 7.11 Å². The number of ether oxygens (including phenoxy) is 1. The predicted molar refractivity (Wildman–Crippen MR) is 79.4 cm³/mol. The fraction of sp³-hybridized carbons (Fsp3) is 0.625. The largest absolute Gasteiger partial charge is 0.497 e. The molecule has 0 spiro atoms. The van der Waals surface area contributed by atoms with Crippen LogP contribution in [0.15, 0.2) is 24.3 Å². The van der Waals surface area contributed by atoms with Crippen LogP contribution in [0.3, 0.4) is 0 Å². The van der Waals surface area contributed by atoms with Gasteiger partial charge in [0.2, 0.25) is 0 Å². The third kappa shape index (κ3) is 3.95. The minimum absolute atomic E-state index is 0.0986. The highest BCUT2D eigenvalue weighted by Crippen LogP contribution is 2.22. The van der Waals surface area contributed by atoms with Crippen molar-refractivity contribution in [1.29, 1.82) is 0 Å². The molecule has 1 saturated heterocycles. The Labute approximate surface area is 116 Å². The highest BCUT2D eigenvalue weighted by atomic mass is 16.5. The van der Waals surface area contributed by atoms with Gasteiger partial charge in [-0.3, -0.25) is 0 Å². The number of nitrogens with two attached hydrogens (primary N) is 1. The molecule has 2 N–H and O–H groups in total. The molecule has 0 radical (unpaired) electrons. The number of piperidine rings is 1. The van der Waals surface area contributed by atoms with Crippen LogP contribution >= 0.6 is 0 Å². The van der Waals surface area contributed by atoms with Crippen LogP contribution in [0.2, 0.25) is 0 Å². The molecule has 0 saturated carbocycles. The van der Waals surface area contributed by atoms with Crippen molar-refractivity contribution in [2.75, 3.05) is 26.7 Å². The third-order valence-electron chi connectivity index (χ3n) is 4.18. The smallest absolute Gasteiger partial charge is 0.118 e. The summed E-state index contributed by atoms with van der Waals surface area (Å²) in [5, 5.41) is 0. The molecule has 3 nitrogen and oxygen atoms in total. The molecule has 0 bridgehead atoms. The van der Waals surface area contributed by atoms with Gasteiger partial charge in [0.15, 0.2) is 0 Å². The van der Waals surface area contributed by atoms with Crippen LogP contribution in [0.5, 0.6) is 5.75 Å². The van der Waals surface area contributed by atoms with E-state index in [9.17, 15) is 0 Å². The van der Waals surface area contributed by atoms with Crippen LogP contribution in [0.1, 0.15) is 37.8 Å². The molecule has 1 aliphatic heterocycles. The van der Waals surface area contributed by atoms with E-state index in [1.807, 2.05) is 12.1 Å². The number of hydrogen-bond acceptors (Lipinski definition) is 3. The summed E-state index contributed by atoms with van der Waals surface area (Å²) in [7, 11) is 1.69. The van der Waals surface area contributed by atoms with Gasteiger partial charge in [0, 0.05) is 19.1 Å². The minimum atomic E-state index is 0.0986. The standard InChI is InChI=1S/C16H26N2O/c1-3-13-5-4-10-18(11-13)12-16(17)14-6-8-15(19-2)9-7-14/h6-9,13,16H,3-5,10-12,17H2,1-2H3. The van der Waals surface area contributed by atoms with E-state index in [4.69, 9.17) is 10.5 Å². The zero-order chi connectivity index (χ0) is 13.7. The van der Waals surface area contributed by atoms with E-state index < -0.39 is 0 Å². The highest BCUT2D eigenvalue weighted by molar-refractivity contribution is 5.29. The van der Waals surface area contributed by atoms with Crippen molar-refractivity contribution in [3.8, 4) is 5.75 Å². The van der Waals surface area contributed by atoms with E-state index >= 15 is 0 Å². The summed E-state index contributed by atoms with van der Waals surface area (Å²) in [6.07, 6.45) is 3.98. The Morgan fingerprint density at radius 2 is 2.11 bits per heavy atom. The molecular formula is C16H26N2O. The summed E-state index contributed by atoms with van der Waals surface area (Å²) in [5.41, 5.74) is 7.52. The van der Waals surface area contributed by atoms with E-state index in [1.165, 1.54) is 37.9 Å². The lowest BCUT2D eigenvalue weighted by Gasteiger charge is -2.33. The van der Waals surface area contributed by atoms with Crippen LogP contribution in [0.25, 0.3) is 0 Å². The number of benzene rings is 1. The summed E-state index contributed by atoms with van der Waals surface area (Å²) < 4.78 is 5.18. The first kappa shape index (κ1) is 14.4.